The molecule has 1 fully saturated rings. The number of ketones is 1. The zero-order valence-corrected chi connectivity index (χ0v) is 16.1. The second-order valence-corrected chi connectivity index (χ2v) is 8.34. The van der Waals surface area contributed by atoms with Gasteiger partial charge in [-0.3, -0.25) is 9.59 Å². The molecule has 4 rings (SSSR count). The zero-order chi connectivity index (χ0) is 18.9. The molecule has 4 heteroatoms. The summed E-state index contributed by atoms with van der Waals surface area (Å²) in [5.74, 6) is -0.147. The number of rotatable bonds is 5. The van der Waals surface area contributed by atoms with E-state index in [9.17, 15) is 9.59 Å². The lowest BCUT2D eigenvalue weighted by Gasteiger charge is -2.27. The van der Waals surface area contributed by atoms with E-state index in [2.05, 4.69) is 24.3 Å². The van der Waals surface area contributed by atoms with Crippen LogP contribution >= 0.6 is 11.8 Å². The lowest BCUT2D eigenvalue weighted by Crippen LogP contribution is -2.38. The Kier molecular flexibility index (Phi) is 4.68. The number of carbonyl (C=O) groups excluding carboxylic acids is 2. The fraction of sp³-hybridized carbons (Fsp3) is 0.304. The Morgan fingerprint density at radius 1 is 1.00 bits per heavy atom. The van der Waals surface area contributed by atoms with E-state index in [4.69, 9.17) is 4.74 Å². The predicted octanol–water partition coefficient (Wildman–Crippen LogP) is 4.66. The predicted molar refractivity (Wildman–Crippen MR) is 108 cm³/mol. The Bertz CT molecular complexity index is 849. The molecule has 2 aromatic carbocycles. The third-order valence-electron chi connectivity index (χ3n) is 5.34. The van der Waals surface area contributed by atoms with Crippen LogP contribution in [-0.2, 0) is 19.1 Å². The lowest BCUT2D eigenvalue weighted by atomic mass is 9.74. The fourth-order valence-corrected chi connectivity index (χ4v) is 5.95. The van der Waals surface area contributed by atoms with Crippen molar-refractivity contribution in [3.05, 3.63) is 83.4 Å². The number of benzene rings is 2. The Labute approximate surface area is 163 Å². The van der Waals surface area contributed by atoms with Crippen molar-refractivity contribution < 1.29 is 14.3 Å². The smallest absolute Gasteiger partial charge is 0.328 e. The van der Waals surface area contributed by atoms with Gasteiger partial charge in [-0.15, -0.1) is 11.8 Å². The molecule has 1 aliphatic heterocycles. The van der Waals surface area contributed by atoms with Gasteiger partial charge in [0.25, 0.3) is 0 Å². The van der Waals surface area contributed by atoms with E-state index in [-0.39, 0.29) is 11.8 Å². The van der Waals surface area contributed by atoms with E-state index in [0.717, 1.165) is 29.5 Å². The molecule has 0 radical (unpaired) electrons. The summed E-state index contributed by atoms with van der Waals surface area (Å²) in [6.07, 6.45) is 3.78. The van der Waals surface area contributed by atoms with Gasteiger partial charge < -0.3 is 4.74 Å². The molecule has 1 atom stereocenters. The number of carbonyl (C=O) groups is 2. The summed E-state index contributed by atoms with van der Waals surface area (Å²) in [4.78, 5) is 25.5. The van der Waals surface area contributed by atoms with E-state index in [0.29, 0.717) is 13.0 Å². The molecule has 0 spiro atoms. The summed E-state index contributed by atoms with van der Waals surface area (Å²) in [5, 5.41) is 0. The topological polar surface area (TPSA) is 43.4 Å². The minimum atomic E-state index is -0.873. The Morgan fingerprint density at radius 3 is 2.11 bits per heavy atom. The molecule has 0 saturated carbocycles. The molecule has 1 saturated heterocycles. The van der Waals surface area contributed by atoms with Crippen LogP contribution in [0.1, 0.15) is 37.3 Å². The summed E-state index contributed by atoms with van der Waals surface area (Å²) in [6, 6.07) is 20.2. The van der Waals surface area contributed by atoms with Crippen LogP contribution in [0.25, 0.3) is 0 Å². The molecule has 1 aliphatic carbocycles. The first kappa shape index (κ1) is 18.1. The van der Waals surface area contributed by atoms with E-state index in [1.807, 2.05) is 43.3 Å². The van der Waals surface area contributed by atoms with Gasteiger partial charge in [-0.2, -0.15) is 0 Å². The van der Waals surface area contributed by atoms with Gasteiger partial charge in [0.15, 0.2) is 10.5 Å². The molecule has 0 N–H and O–H groups in total. The highest BCUT2D eigenvalue weighted by molar-refractivity contribution is 8.10. The summed E-state index contributed by atoms with van der Waals surface area (Å²) < 4.78 is 4.11. The van der Waals surface area contributed by atoms with Gasteiger partial charge >= 0.3 is 5.97 Å². The Hall–Kier alpha value is -2.33. The first-order chi connectivity index (χ1) is 13.1. The van der Waals surface area contributed by atoms with Crippen LogP contribution < -0.4 is 0 Å². The van der Waals surface area contributed by atoms with Gasteiger partial charge in [0, 0.05) is 6.42 Å². The molecular weight excluding hydrogens is 356 g/mol. The molecule has 3 nitrogen and oxygen atoms in total. The number of ether oxygens (including phenoxy) is 1. The number of thioether (sulfide) groups is 1. The van der Waals surface area contributed by atoms with Crippen LogP contribution in [-0.4, -0.2) is 23.1 Å². The van der Waals surface area contributed by atoms with Crippen LogP contribution in [0.15, 0.2) is 72.3 Å². The Morgan fingerprint density at radius 2 is 1.59 bits per heavy atom. The number of allylic oxidation sites excluding steroid dienone is 1. The quantitative estimate of drug-likeness (QED) is 0.561. The van der Waals surface area contributed by atoms with E-state index < -0.39 is 9.49 Å². The van der Waals surface area contributed by atoms with Crippen LogP contribution in [0.2, 0.25) is 0 Å². The fourth-order valence-electron chi connectivity index (χ4n) is 4.15. The standard InChI is InChI=1S/C23H22O3S/c1-2-26-21(25)23(19-14-9-15-20(24)16-19)22(27-23,17-10-5-3-6-11-17)18-12-7-4-8-13-18/h3-8,10-13,16H,2,9,14-15H2,1H3. The second-order valence-electron chi connectivity index (χ2n) is 6.91. The SMILES string of the molecule is CCOC(=O)C1(C2=CC(=O)CCC2)SC1(c1ccccc1)c1ccccc1. The molecule has 0 bridgehead atoms. The normalized spacial score (nSPS) is 23.4. The highest BCUT2D eigenvalue weighted by Gasteiger charge is 2.77. The van der Waals surface area contributed by atoms with Crippen molar-refractivity contribution in [2.75, 3.05) is 6.61 Å². The number of hydrogen-bond donors (Lipinski definition) is 0. The van der Waals surface area contributed by atoms with Crippen LogP contribution in [0.5, 0.6) is 0 Å². The molecule has 138 valence electrons. The summed E-state index contributed by atoms with van der Waals surface area (Å²) in [5.41, 5.74) is 3.02. The van der Waals surface area contributed by atoms with Gasteiger partial charge in [0.1, 0.15) is 0 Å². The highest BCUT2D eigenvalue weighted by Crippen LogP contribution is 2.77. The summed E-state index contributed by atoms with van der Waals surface area (Å²) in [7, 11) is 0. The van der Waals surface area contributed by atoms with E-state index in [1.165, 1.54) is 0 Å². The van der Waals surface area contributed by atoms with Gasteiger partial charge in [0.2, 0.25) is 0 Å². The molecular formula is C23H22O3S. The third kappa shape index (κ3) is 2.74. The maximum Gasteiger partial charge on any atom is 0.328 e. The monoisotopic (exact) mass is 378 g/mol. The van der Waals surface area contributed by atoms with Crippen molar-refractivity contribution in [1.82, 2.24) is 0 Å². The maximum absolute atomic E-state index is 13.3. The van der Waals surface area contributed by atoms with E-state index >= 15 is 0 Å². The van der Waals surface area contributed by atoms with Crippen LogP contribution in [0.4, 0.5) is 0 Å². The van der Waals surface area contributed by atoms with E-state index in [1.54, 1.807) is 17.8 Å². The van der Waals surface area contributed by atoms with Gasteiger partial charge in [-0.25, -0.2) is 0 Å². The van der Waals surface area contributed by atoms with Gasteiger partial charge in [0.05, 0.1) is 11.4 Å². The number of esters is 1. The molecule has 0 amide bonds. The van der Waals surface area contributed by atoms with Crippen molar-refractivity contribution in [2.45, 2.75) is 35.7 Å². The molecule has 27 heavy (non-hydrogen) atoms. The van der Waals surface area contributed by atoms with Crippen molar-refractivity contribution in [3.8, 4) is 0 Å². The lowest BCUT2D eigenvalue weighted by molar-refractivity contribution is -0.144. The zero-order valence-electron chi connectivity index (χ0n) is 15.3. The van der Waals surface area contributed by atoms with Crippen molar-refractivity contribution in [1.29, 1.82) is 0 Å². The summed E-state index contributed by atoms with van der Waals surface area (Å²) >= 11 is 1.60. The minimum absolute atomic E-state index is 0.0995. The largest absolute Gasteiger partial charge is 0.465 e. The third-order valence-corrected chi connectivity index (χ3v) is 7.26. The van der Waals surface area contributed by atoms with Crippen molar-refractivity contribution in [3.63, 3.8) is 0 Å². The first-order valence-electron chi connectivity index (χ1n) is 9.37. The van der Waals surface area contributed by atoms with Crippen LogP contribution in [0, 0.1) is 0 Å². The number of hydrogen-bond acceptors (Lipinski definition) is 4. The summed E-state index contributed by atoms with van der Waals surface area (Å²) in [6.45, 7) is 2.15. The van der Waals surface area contributed by atoms with Gasteiger partial charge in [-0.1, -0.05) is 60.7 Å². The van der Waals surface area contributed by atoms with Gasteiger partial charge in [-0.05, 0) is 42.5 Å². The second kappa shape index (κ2) is 7.01. The van der Waals surface area contributed by atoms with Crippen molar-refractivity contribution in [2.24, 2.45) is 0 Å². The molecule has 2 aromatic rings. The Balaban J connectivity index is 1.94. The minimum Gasteiger partial charge on any atom is -0.465 e. The van der Waals surface area contributed by atoms with Crippen molar-refractivity contribution >= 4 is 23.5 Å². The molecule has 1 heterocycles. The first-order valence-corrected chi connectivity index (χ1v) is 10.2. The molecule has 1 unspecified atom stereocenters. The molecule has 2 aliphatic rings. The van der Waals surface area contributed by atoms with Crippen LogP contribution in [0.3, 0.4) is 0 Å². The highest BCUT2D eigenvalue weighted by atomic mass is 32.2. The maximum atomic E-state index is 13.3. The average Bonchev–Trinajstić information content (AvgIpc) is 3.43. The molecule has 0 aromatic heterocycles. The average molecular weight is 378 g/mol.